The van der Waals surface area contributed by atoms with Crippen molar-refractivity contribution < 1.29 is 24.4 Å². The third-order valence-corrected chi connectivity index (χ3v) is 5.51. The zero-order valence-electron chi connectivity index (χ0n) is 17.5. The Hall–Kier alpha value is -3.62. The fraction of sp³-hybridized carbons (Fsp3) is 0.364. The quantitative estimate of drug-likeness (QED) is 0.533. The van der Waals surface area contributed by atoms with Crippen molar-refractivity contribution in [2.75, 3.05) is 32.1 Å². The number of amides is 1. The molecule has 2 aromatic rings. The van der Waals surface area contributed by atoms with Gasteiger partial charge < -0.3 is 19.6 Å². The van der Waals surface area contributed by atoms with Crippen molar-refractivity contribution >= 4 is 23.3 Å². The second-order valence-corrected chi connectivity index (χ2v) is 7.57. The van der Waals surface area contributed by atoms with Crippen molar-refractivity contribution in [3.8, 4) is 5.75 Å². The second kappa shape index (κ2) is 9.46. The minimum atomic E-state index is -0.743. The molecule has 0 spiro atoms. The van der Waals surface area contributed by atoms with Gasteiger partial charge in [0.2, 0.25) is 0 Å². The molecule has 1 N–H and O–H groups in total. The fourth-order valence-electron chi connectivity index (χ4n) is 3.77. The van der Waals surface area contributed by atoms with Crippen LogP contribution in [0.25, 0.3) is 0 Å². The molecular formula is C22H25N3O6. The number of nitrogens with zero attached hydrogens (tertiary/aromatic N) is 3. The van der Waals surface area contributed by atoms with Gasteiger partial charge in [0, 0.05) is 44.0 Å². The lowest BCUT2D eigenvalue weighted by Gasteiger charge is -2.32. The first-order chi connectivity index (χ1) is 14.8. The van der Waals surface area contributed by atoms with E-state index in [2.05, 4.69) is 4.90 Å². The molecule has 0 aliphatic carbocycles. The van der Waals surface area contributed by atoms with E-state index < -0.39 is 10.9 Å². The van der Waals surface area contributed by atoms with Crippen molar-refractivity contribution in [2.24, 2.45) is 5.92 Å². The Kier molecular flexibility index (Phi) is 6.74. The Labute approximate surface area is 180 Å². The monoisotopic (exact) mass is 427 g/mol. The number of hydrogen-bond acceptors (Lipinski definition) is 6. The summed E-state index contributed by atoms with van der Waals surface area (Å²) in [5.41, 5.74) is 1.86. The Morgan fingerprint density at radius 2 is 1.94 bits per heavy atom. The van der Waals surface area contributed by atoms with Crippen molar-refractivity contribution in [2.45, 2.75) is 19.4 Å². The van der Waals surface area contributed by atoms with Gasteiger partial charge in [-0.3, -0.25) is 19.7 Å². The Bertz CT molecular complexity index is 985. The van der Waals surface area contributed by atoms with Crippen LogP contribution in [0.15, 0.2) is 42.5 Å². The largest absolute Gasteiger partial charge is 0.490 e. The summed E-state index contributed by atoms with van der Waals surface area (Å²) in [6.45, 7) is 1.67. The highest BCUT2D eigenvalue weighted by molar-refractivity contribution is 5.95. The summed E-state index contributed by atoms with van der Waals surface area (Å²) in [4.78, 5) is 38.3. The summed E-state index contributed by atoms with van der Waals surface area (Å²) in [5, 5.41) is 20.4. The van der Waals surface area contributed by atoms with Gasteiger partial charge in [0.25, 0.3) is 5.91 Å². The predicted octanol–water partition coefficient (Wildman–Crippen LogP) is 3.18. The molecule has 1 heterocycles. The molecule has 164 valence electrons. The molecule has 1 amide bonds. The smallest absolute Gasteiger partial charge is 0.311 e. The zero-order chi connectivity index (χ0) is 22.5. The minimum absolute atomic E-state index is 0.101. The fourth-order valence-corrected chi connectivity index (χ4v) is 3.77. The number of benzene rings is 2. The van der Waals surface area contributed by atoms with Gasteiger partial charge in [0.05, 0.1) is 18.0 Å². The Morgan fingerprint density at radius 3 is 2.55 bits per heavy atom. The number of carbonyl (C=O) groups is 2. The standard InChI is InChI=1S/C22H25N3O6/c1-23(21(26)17-6-7-20(31-2)19(13-17)25(29)30)14-15-4-3-5-18(12-15)24-10-8-16(9-11-24)22(27)28/h3-7,12-13,16H,8-11,14H2,1-2H3,(H,27,28). The number of aliphatic carboxylic acids is 1. The van der Waals surface area contributed by atoms with Gasteiger partial charge in [-0.1, -0.05) is 12.1 Å². The number of ether oxygens (including phenoxy) is 1. The molecule has 0 bridgehead atoms. The molecule has 1 aliphatic rings. The van der Waals surface area contributed by atoms with E-state index >= 15 is 0 Å². The summed E-state index contributed by atoms with van der Waals surface area (Å²) in [5.74, 6) is -1.27. The van der Waals surface area contributed by atoms with E-state index in [1.807, 2.05) is 24.3 Å². The molecule has 0 radical (unpaired) electrons. The van der Waals surface area contributed by atoms with Crippen LogP contribution in [0.4, 0.5) is 11.4 Å². The first-order valence-corrected chi connectivity index (χ1v) is 9.94. The maximum absolute atomic E-state index is 12.8. The highest BCUT2D eigenvalue weighted by atomic mass is 16.6. The number of anilines is 1. The van der Waals surface area contributed by atoms with E-state index in [9.17, 15) is 19.7 Å². The summed E-state index contributed by atoms with van der Waals surface area (Å²) >= 11 is 0. The molecule has 1 aliphatic heterocycles. The zero-order valence-corrected chi connectivity index (χ0v) is 17.5. The molecule has 9 nitrogen and oxygen atoms in total. The summed E-state index contributed by atoms with van der Waals surface area (Å²) in [6, 6.07) is 11.9. The second-order valence-electron chi connectivity index (χ2n) is 7.57. The number of hydrogen-bond donors (Lipinski definition) is 1. The first kappa shape index (κ1) is 22.1. The van der Waals surface area contributed by atoms with Crippen LogP contribution in [0.2, 0.25) is 0 Å². The normalized spacial score (nSPS) is 14.2. The molecule has 1 saturated heterocycles. The number of nitro benzene ring substituents is 1. The molecule has 3 rings (SSSR count). The third kappa shape index (κ3) is 5.11. The van der Waals surface area contributed by atoms with Crippen LogP contribution in [0, 0.1) is 16.0 Å². The number of rotatable bonds is 7. The maximum atomic E-state index is 12.8. The molecule has 0 saturated carbocycles. The lowest BCUT2D eigenvalue weighted by molar-refractivity contribution is -0.385. The van der Waals surface area contributed by atoms with Gasteiger partial charge in [-0.2, -0.15) is 0 Å². The van der Waals surface area contributed by atoms with Gasteiger partial charge in [-0.05, 0) is 42.7 Å². The van der Waals surface area contributed by atoms with Gasteiger partial charge in [0.1, 0.15) is 0 Å². The Morgan fingerprint density at radius 1 is 1.23 bits per heavy atom. The average Bonchev–Trinajstić information content (AvgIpc) is 2.78. The van der Waals surface area contributed by atoms with E-state index in [0.717, 1.165) is 11.3 Å². The van der Waals surface area contributed by atoms with E-state index in [1.165, 1.54) is 30.2 Å². The molecular weight excluding hydrogens is 402 g/mol. The highest BCUT2D eigenvalue weighted by Gasteiger charge is 2.25. The lowest BCUT2D eigenvalue weighted by Crippen LogP contribution is -2.36. The lowest BCUT2D eigenvalue weighted by atomic mass is 9.96. The average molecular weight is 427 g/mol. The van der Waals surface area contributed by atoms with Crippen molar-refractivity contribution in [3.63, 3.8) is 0 Å². The highest BCUT2D eigenvalue weighted by Crippen LogP contribution is 2.28. The number of carboxylic acid groups (broad SMARTS) is 1. The summed E-state index contributed by atoms with van der Waals surface area (Å²) in [7, 11) is 2.98. The third-order valence-electron chi connectivity index (χ3n) is 5.51. The van der Waals surface area contributed by atoms with Gasteiger partial charge >= 0.3 is 11.7 Å². The van der Waals surface area contributed by atoms with Gasteiger partial charge in [0.15, 0.2) is 5.75 Å². The molecule has 0 aromatic heterocycles. The van der Waals surface area contributed by atoms with E-state index in [0.29, 0.717) is 32.5 Å². The molecule has 1 fully saturated rings. The van der Waals surface area contributed by atoms with Gasteiger partial charge in [-0.25, -0.2) is 0 Å². The number of methoxy groups -OCH3 is 1. The number of piperidine rings is 1. The van der Waals surface area contributed by atoms with Crippen LogP contribution in [0.1, 0.15) is 28.8 Å². The first-order valence-electron chi connectivity index (χ1n) is 9.94. The molecule has 9 heteroatoms. The summed E-state index contributed by atoms with van der Waals surface area (Å²) in [6.07, 6.45) is 1.21. The SMILES string of the molecule is COc1ccc(C(=O)N(C)Cc2cccc(N3CCC(C(=O)O)CC3)c2)cc1[N+](=O)[O-]. The van der Waals surface area contributed by atoms with E-state index in [1.54, 1.807) is 7.05 Å². The maximum Gasteiger partial charge on any atom is 0.311 e. The topological polar surface area (TPSA) is 113 Å². The minimum Gasteiger partial charge on any atom is -0.490 e. The van der Waals surface area contributed by atoms with Crippen LogP contribution in [-0.2, 0) is 11.3 Å². The Balaban J connectivity index is 1.69. The van der Waals surface area contributed by atoms with Crippen LogP contribution in [-0.4, -0.2) is 54.1 Å². The van der Waals surface area contributed by atoms with Crippen molar-refractivity contribution in [1.82, 2.24) is 4.90 Å². The summed E-state index contributed by atoms with van der Waals surface area (Å²) < 4.78 is 4.98. The van der Waals surface area contributed by atoms with Crippen LogP contribution < -0.4 is 9.64 Å². The molecule has 2 aromatic carbocycles. The number of nitro groups is 1. The van der Waals surface area contributed by atoms with Crippen molar-refractivity contribution in [3.05, 3.63) is 63.7 Å². The van der Waals surface area contributed by atoms with E-state index in [4.69, 9.17) is 9.84 Å². The number of carbonyl (C=O) groups excluding carboxylic acids is 1. The number of carboxylic acids is 1. The van der Waals surface area contributed by atoms with Gasteiger partial charge in [-0.15, -0.1) is 0 Å². The predicted molar refractivity (Wildman–Crippen MR) is 114 cm³/mol. The van der Waals surface area contributed by atoms with E-state index in [-0.39, 0.29) is 28.8 Å². The van der Waals surface area contributed by atoms with Crippen LogP contribution in [0.5, 0.6) is 5.75 Å². The molecule has 31 heavy (non-hydrogen) atoms. The van der Waals surface area contributed by atoms with Crippen LogP contribution >= 0.6 is 0 Å². The molecule has 0 unspecified atom stereocenters. The van der Waals surface area contributed by atoms with Crippen molar-refractivity contribution in [1.29, 1.82) is 0 Å². The van der Waals surface area contributed by atoms with Crippen LogP contribution in [0.3, 0.4) is 0 Å². The molecule has 0 atom stereocenters.